The Morgan fingerprint density at radius 3 is 2.42 bits per heavy atom. The minimum atomic E-state index is -0.132. The van der Waals surface area contributed by atoms with Crippen molar-refractivity contribution in [1.82, 2.24) is 5.32 Å². The molecule has 1 aromatic carbocycles. The van der Waals surface area contributed by atoms with Crippen molar-refractivity contribution in [2.24, 2.45) is 5.41 Å². The van der Waals surface area contributed by atoms with E-state index in [0.29, 0.717) is 17.4 Å². The quantitative estimate of drug-likeness (QED) is 0.836. The van der Waals surface area contributed by atoms with Crippen LogP contribution in [-0.4, -0.2) is 12.6 Å². The number of hydrogen-bond donors (Lipinski definition) is 1. The van der Waals surface area contributed by atoms with Crippen molar-refractivity contribution in [3.05, 3.63) is 35.6 Å². The lowest BCUT2D eigenvalue weighted by Crippen LogP contribution is -2.47. The van der Waals surface area contributed by atoms with Gasteiger partial charge < -0.3 is 5.32 Å². The summed E-state index contributed by atoms with van der Waals surface area (Å²) < 4.78 is 12.9. The Balaban J connectivity index is 1.44. The standard InChI is InChI=1S/C17H24FN/c1-2-17(8-3-9-17)12-19-16-10-14(11-16)13-4-6-15(18)7-5-13/h4-7,14,16,19H,2-3,8-12H2,1H3. The van der Waals surface area contributed by atoms with Gasteiger partial charge in [-0.15, -0.1) is 0 Å². The second-order valence-corrected chi connectivity index (χ2v) is 6.50. The summed E-state index contributed by atoms with van der Waals surface area (Å²) in [4.78, 5) is 0. The van der Waals surface area contributed by atoms with Gasteiger partial charge >= 0.3 is 0 Å². The van der Waals surface area contributed by atoms with Crippen molar-refractivity contribution >= 4 is 0 Å². The second kappa shape index (κ2) is 5.24. The van der Waals surface area contributed by atoms with Crippen LogP contribution in [0.4, 0.5) is 4.39 Å². The zero-order chi connectivity index (χ0) is 13.3. The molecule has 0 aliphatic heterocycles. The van der Waals surface area contributed by atoms with Gasteiger partial charge in [-0.2, -0.15) is 0 Å². The summed E-state index contributed by atoms with van der Waals surface area (Å²) in [5, 5.41) is 3.75. The summed E-state index contributed by atoms with van der Waals surface area (Å²) >= 11 is 0. The molecule has 0 unspecified atom stereocenters. The Labute approximate surface area is 115 Å². The molecule has 3 rings (SSSR count). The molecule has 0 spiro atoms. The van der Waals surface area contributed by atoms with Crippen LogP contribution in [0.5, 0.6) is 0 Å². The van der Waals surface area contributed by atoms with Crippen molar-refractivity contribution in [2.45, 2.75) is 57.4 Å². The fraction of sp³-hybridized carbons (Fsp3) is 0.647. The Hall–Kier alpha value is -0.890. The van der Waals surface area contributed by atoms with Gasteiger partial charge in [-0.25, -0.2) is 4.39 Å². The van der Waals surface area contributed by atoms with E-state index >= 15 is 0 Å². The Morgan fingerprint density at radius 2 is 1.89 bits per heavy atom. The van der Waals surface area contributed by atoms with Crippen LogP contribution in [0, 0.1) is 11.2 Å². The predicted molar refractivity (Wildman–Crippen MR) is 76.7 cm³/mol. The highest BCUT2D eigenvalue weighted by Gasteiger charge is 2.37. The fourth-order valence-electron chi connectivity index (χ4n) is 3.48. The lowest BCUT2D eigenvalue weighted by atomic mass is 9.66. The van der Waals surface area contributed by atoms with E-state index in [2.05, 4.69) is 12.2 Å². The van der Waals surface area contributed by atoms with Crippen LogP contribution < -0.4 is 5.32 Å². The zero-order valence-corrected chi connectivity index (χ0v) is 11.8. The van der Waals surface area contributed by atoms with Gasteiger partial charge in [0.1, 0.15) is 5.82 Å². The van der Waals surface area contributed by atoms with Crippen LogP contribution in [0.2, 0.25) is 0 Å². The molecule has 2 aliphatic carbocycles. The van der Waals surface area contributed by atoms with Gasteiger partial charge in [0.25, 0.3) is 0 Å². The monoisotopic (exact) mass is 261 g/mol. The van der Waals surface area contributed by atoms with Gasteiger partial charge in [-0.1, -0.05) is 25.5 Å². The largest absolute Gasteiger partial charge is 0.313 e. The smallest absolute Gasteiger partial charge is 0.123 e. The molecule has 0 amide bonds. The van der Waals surface area contributed by atoms with Crippen molar-refractivity contribution in [2.75, 3.05) is 6.54 Å². The van der Waals surface area contributed by atoms with Crippen molar-refractivity contribution in [3.8, 4) is 0 Å². The van der Waals surface area contributed by atoms with Crippen LogP contribution >= 0.6 is 0 Å². The van der Waals surface area contributed by atoms with E-state index in [1.165, 1.54) is 50.6 Å². The van der Waals surface area contributed by atoms with Crippen molar-refractivity contribution in [3.63, 3.8) is 0 Å². The van der Waals surface area contributed by atoms with Gasteiger partial charge in [0.05, 0.1) is 0 Å². The van der Waals surface area contributed by atoms with Gasteiger partial charge in [-0.05, 0) is 61.1 Å². The Kier molecular flexibility index (Phi) is 3.62. The maximum Gasteiger partial charge on any atom is 0.123 e. The van der Waals surface area contributed by atoms with Gasteiger partial charge in [0, 0.05) is 12.6 Å². The van der Waals surface area contributed by atoms with Crippen LogP contribution in [0.3, 0.4) is 0 Å². The zero-order valence-electron chi connectivity index (χ0n) is 11.8. The molecule has 2 saturated carbocycles. The fourth-order valence-corrected chi connectivity index (χ4v) is 3.48. The normalized spacial score (nSPS) is 28.5. The first-order chi connectivity index (χ1) is 9.21. The summed E-state index contributed by atoms with van der Waals surface area (Å²) in [6.45, 7) is 3.52. The Morgan fingerprint density at radius 1 is 1.21 bits per heavy atom. The molecule has 2 fully saturated rings. The molecule has 0 heterocycles. The van der Waals surface area contributed by atoms with Gasteiger partial charge in [0.2, 0.25) is 0 Å². The maximum atomic E-state index is 12.9. The lowest BCUT2D eigenvalue weighted by molar-refractivity contribution is 0.109. The first kappa shape index (κ1) is 13.1. The lowest BCUT2D eigenvalue weighted by Gasteiger charge is -2.45. The molecule has 0 bridgehead atoms. The molecule has 2 heteroatoms. The van der Waals surface area contributed by atoms with E-state index < -0.39 is 0 Å². The third kappa shape index (κ3) is 2.69. The predicted octanol–water partition coefficient (Wildman–Crippen LogP) is 4.24. The van der Waals surface area contributed by atoms with E-state index in [9.17, 15) is 4.39 Å². The summed E-state index contributed by atoms with van der Waals surface area (Å²) in [5.41, 5.74) is 1.91. The average molecular weight is 261 g/mol. The third-order valence-electron chi connectivity index (χ3n) is 5.41. The molecule has 19 heavy (non-hydrogen) atoms. The molecule has 2 aliphatic rings. The molecular weight excluding hydrogens is 237 g/mol. The molecule has 104 valence electrons. The van der Waals surface area contributed by atoms with Crippen molar-refractivity contribution < 1.29 is 4.39 Å². The van der Waals surface area contributed by atoms with Crippen LogP contribution in [0.15, 0.2) is 24.3 Å². The van der Waals surface area contributed by atoms with E-state index in [0.717, 1.165) is 0 Å². The molecule has 0 atom stereocenters. The van der Waals surface area contributed by atoms with Crippen molar-refractivity contribution in [1.29, 1.82) is 0 Å². The first-order valence-electron chi connectivity index (χ1n) is 7.70. The molecular formula is C17H24FN. The van der Waals surface area contributed by atoms with Gasteiger partial charge in [0.15, 0.2) is 0 Å². The third-order valence-corrected chi connectivity index (χ3v) is 5.41. The first-order valence-corrected chi connectivity index (χ1v) is 7.70. The van der Waals surface area contributed by atoms with Crippen LogP contribution in [0.25, 0.3) is 0 Å². The summed E-state index contributed by atoms with van der Waals surface area (Å²) in [6, 6.07) is 7.72. The maximum absolute atomic E-state index is 12.9. The van der Waals surface area contributed by atoms with E-state index in [1.807, 2.05) is 12.1 Å². The number of benzene rings is 1. The summed E-state index contributed by atoms with van der Waals surface area (Å²) in [5.74, 6) is 0.504. The van der Waals surface area contributed by atoms with E-state index in [-0.39, 0.29) is 5.82 Å². The molecule has 0 aromatic heterocycles. The highest BCUT2D eigenvalue weighted by Crippen LogP contribution is 2.44. The van der Waals surface area contributed by atoms with Crippen LogP contribution in [0.1, 0.15) is 56.9 Å². The number of hydrogen-bond acceptors (Lipinski definition) is 1. The molecule has 0 radical (unpaired) electrons. The number of halogens is 1. The van der Waals surface area contributed by atoms with E-state index in [4.69, 9.17) is 0 Å². The van der Waals surface area contributed by atoms with Gasteiger partial charge in [-0.3, -0.25) is 0 Å². The highest BCUT2D eigenvalue weighted by molar-refractivity contribution is 5.23. The van der Waals surface area contributed by atoms with E-state index in [1.54, 1.807) is 12.1 Å². The minimum absolute atomic E-state index is 0.132. The number of rotatable bonds is 5. The second-order valence-electron chi connectivity index (χ2n) is 6.50. The summed E-state index contributed by atoms with van der Waals surface area (Å²) in [6.07, 6.45) is 7.97. The topological polar surface area (TPSA) is 12.0 Å². The number of nitrogens with one attached hydrogen (secondary N) is 1. The summed E-state index contributed by atoms with van der Waals surface area (Å²) in [7, 11) is 0. The molecule has 1 N–H and O–H groups in total. The Bertz CT molecular complexity index is 410. The van der Waals surface area contributed by atoms with Crippen LogP contribution in [-0.2, 0) is 0 Å². The minimum Gasteiger partial charge on any atom is -0.313 e. The average Bonchev–Trinajstić information content (AvgIpc) is 2.32. The molecule has 1 aromatic rings. The molecule has 1 nitrogen and oxygen atoms in total. The highest BCUT2D eigenvalue weighted by atomic mass is 19.1. The molecule has 0 saturated heterocycles. The SMILES string of the molecule is CCC1(CNC2CC(c3ccc(F)cc3)C2)CCC1.